The molecule has 58 valence electrons. The highest BCUT2D eigenvalue weighted by Crippen LogP contribution is 1.84. The van der Waals surface area contributed by atoms with Crippen LogP contribution in [0.4, 0.5) is 4.39 Å². The van der Waals surface area contributed by atoms with E-state index in [1.807, 2.05) is 5.32 Å². The second kappa shape index (κ2) is 3.81. The van der Waals surface area contributed by atoms with Crippen LogP contribution < -0.4 is 5.32 Å². The van der Waals surface area contributed by atoms with Crippen LogP contribution in [0.2, 0.25) is 0 Å². The zero-order valence-corrected chi connectivity index (χ0v) is 5.43. The van der Waals surface area contributed by atoms with E-state index >= 15 is 0 Å². The van der Waals surface area contributed by atoms with E-state index in [4.69, 9.17) is 5.11 Å². The first-order valence-electron chi connectivity index (χ1n) is 2.63. The third-order valence-corrected chi connectivity index (χ3v) is 0.830. The SMILES string of the molecule is CC(=O)N[C@H](CF)C(=O)O. The number of nitrogens with one attached hydrogen (secondary N) is 1. The van der Waals surface area contributed by atoms with Crippen molar-refractivity contribution in [2.45, 2.75) is 13.0 Å². The molecule has 2 N–H and O–H groups in total. The third-order valence-electron chi connectivity index (χ3n) is 0.830. The monoisotopic (exact) mass is 149 g/mol. The predicted molar refractivity (Wildman–Crippen MR) is 31.2 cm³/mol. The van der Waals surface area contributed by atoms with Gasteiger partial charge in [-0.3, -0.25) is 4.79 Å². The fourth-order valence-corrected chi connectivity index (χ4v) is 0.412. The fraction of sp³-hybridized carbons (Fsp3) is 0.600. The number of hydrogen-bond donors (Lipinski definition) is 2. The Morgan fingerprint density at radius 1 is 1.70 bits per heavy atom. The Balaban J connectivity index is 3.83. The van der Waals surface area contributed by atoms with Gasteiger partial charge in [0.15, 0.2) is 6.04 Å². The van der Waals surface area contributed by atoms with Crippen LogP contribution in [0, 0.1) is 0 Å². The smallest absolute Gasteiger partial charge is 0.328 e. The van der Waals surface area contributed by atoms with Crippen molar-refractivity contribution in [3.63, 3.8) is 0 Å². The summed E-state index contributed by atoms with van der Waals surface area (Å²) in [6.45, 7) is 0.0422. The molecule has 0 heterocycles. The normalized spacial score (nSPS) is 12.2. The summed E-state index contributed by atoms with van der Waals surface area (Å²) >= 11 is 0. The Hall–Kier alpha value is -1.13. The Kier molecular flexibility index (Phi) is 3.38. The second-order valence-corrected chi connectivity index (χ2v) is 1.75. The van der Waals surface area contributed by atoms with E-state index in [1.54, 1.807) is 0 Å². The lowest BCUT2D eigenvalue weighted by Gasteiger charge is -2.06. The van der Waals surface area contributed by atoms with Gasteiger partial charge in [0.05, 0.1) is 0 Å². The summed E-state index contributed by atoms with van der Waals surface area (Å²) in [6.07, 6.45) is 0. The molecule has 0 aromatic rings. The van der Waals surface area contributed by atoms with Gasteiger partial charge in [0.1, 0.15) is 6.67 Å². The van der Waals surface area contributed by atoms with Crippen LogP contribution in [0.1, 0.15) is 6.92 Å². The average Bonchev–Trinajstić information content (AvgIpc) is 1.81. The maximum absolute atomic E-state index is 11.7. The van der Waals surface area contributed by atoms with Gasteiger partial charge in [0.25, 0.3) is 0 Å². The standard InChI is InChI=1S/C5H8FNO3/c1-3(8)7-4(2-6)5(9)10/h4H,2H2,1H3,(H,7,8)(H,9,10)/t4-/m1/s1. The van der Waals surface area contributed by atoms with Crippen LogP contribution >= 0.6 is 0 Å². The van der Waals surface area contributed by atoms with Crippen molar-refractivity contribution < 1.29 is 19.1 Å². The minimum atomic E-state index is -1.41. The Labute approximate surface area is 57.0 Å². The number of carboxylic acid groups (broad SMARTS) is 1. The topological polar surface area (TPSA) is 66.4 Å². The maximum Gasteiger partial charge on any atom is 0.328 e. The summed E-state index contributed by atoms with van der Waals surface area (Å²) in [6, 6.07) is -1.41. The fourth-order valence-electron chi connectivity index (χ4n) is 0.412. The van der Waals surface area contributed by atoms with E-state index in [-0.39, 0.29) is 0 Å². The molecule has 10 heavy (non-hydrogen) atoms. The number of carbonyl (C=O) groups excluding carboxylic acids is 1. The van der Waals surface area contributed by atoms with Crippen molar-refractivity contribution in [2.75, 3.05) is 6.67 Å². The van der Waals surface area contributed by atoms with Crippen LogP contribution in [-0.4, -0.2) is 29.7 Å². The molecule has 1 amide bonds. The van der Waals surface area contributed by atoms with Gasteiger partial charge in [-0.15, -0.1) is 0 Å². The number of halogens is 1. The molecule has 1 atom stereocenters. The van der Waals surface area contributed by atoms with Gasteiger partial charge in [-0.1, -0.05) is 0 Å². The van der Waals surface area contributed by atoms with Gasteiger partial charge < -0.3 is 10.4 Å². The van der Waals surface area contributed by atoms with Gasteiger partial charge in [0, 0.05) is 6.92 Å². The third kappa shape index (κ3) is 3.01. The van der Waals surface area contributed by atoms with Gasteiger partial charge >= 0.3 is 5.97 Å². The number of carbonyl (C=O) groups is 2. The van der Waals surface area contributed by atoms with Gasteiger partial charge in [-0.25, -0.2) is 9.18 Å². The van der Waals surface area contributed by atoms with Crippen molar-refractivity contribution in [3.05, 3.63) is 0 Å². The molecule has 5 heteroatoms. The van der Waals surface area contributed by atoms with Crippen LogP contribution in [0.3, 0.4) is 0 Å². The number of carboxylic acids is 1. The predicted octanol–water partition coefficient (Wildman–Crippen LogP) is -0.455. The minimum absolute atomic E-state index is 0.551. The molecule has 0 saturated carbocycles. The van der Waals surface area contributed by atoms with E-state index in [2.05, 4.69) is 0 Å². The number of aliphatic carboxylic acids is 1. The Morgan fingerprint density at radius 2 is 2.20 bits per heavy atom. The van der Waals surface area contributed by atoms with Crippen molar-refractivity contribution in [1.29, 1.82) is 0 Å². The summed E-state index contributed by atoms with van der Waals surface area (Å²) in [5, 5.41) is 10.1. The highest BCUT2D eigenvalue weighted by Gasteiger charge is 2.16. The van der Waals surface area contributed by atoms with Crippen LogP contribution in [0.25, 0.3) is 0 Å². The molecule has 4 nitrogen and oxygen atoms in total. The van der Waals surface area contributed by atoms with E-state index in [9.17, 15) is 14.0 Å². The first-order valence-corrected chi connectivity index (χ1v) is 2.63. The maximum atomic E-state index is 11.7. The quantitative estimate of drug-likeness (QED) is 0.570. The largest absolute Gasteiger partial charge is 0.480 e. The molecule has 0 spiro atoms. The number of hydrogen-bond acceptors (Lipinski definition) is 2. The molecule has 0 aromatic carbocycles. The Morgan fingerprint density at radius 3 is 2.30 bits per heavy atom. The van der Waals surface area contributed by atoms with Crippen LogP contribution in [0.15, 0.2) is 0 Å². The first kappa shape index (κ1) is 8.87. The molecule has 0 fully saturated rings. The van der Waals surface area contributed by atoms with Gasteiger partial charge in [-0.2, -0.15) is 0 Å². The molecule has 0 aliphatic carbocycles. The molecule has 0 aliphatic heterocycles. The highest BCUT2D eigenvalue weighted by molar-refractivity contribution is 5.82. The van der Waals surface area contributed by atoms with E-state index in [0.717, 1.165) is 6.92 Å². The van der Waals surface area contributed by atoms with Crippen LogP contribution in [0.5, 0.6) is 0 Å². The molecular formula is C5H8FNO3. The Bertz CT molecular complexity index is 148. The van der Waals surface area contributed by atoms with Gasteiger partial charge in [0.2, 0.25) is 5.91 Å². The first-order chi connectivity index (χ1) is 4.57. The molecule has 0 radical (unpaired) electrons. The zero-order valence-electron chi connectivity index (χ0n) is 5.43. The lowest BCUT2D eigenvalue weighted by atomic mass is 10.3. The summed E-state index contributed by atoms with van der Waals surface area (Å²) in [5.74, 6) is -1.91. The number of alkyl halides is 1. The summed E-state index contributed by atoms with van der Waals surface area (Å²) in [4.78, 5) is 20.2. The summed E-state index contributed by atoms with van der Waals surface area (Å²) < 4.78 is 11.7. The van der Waals surface area contributed by atoms with Crippen molar-refractivity contribution in [3.8, 4) is 0 Å². The highest BCUT2D eigenvalue weighted by atomic mass is 19.1. The lowest BCUT2D eigenvalue weighted by molar-refractivity contribution is -0.141. The lowest BCUT2D eigenvalue weighted by Crippen LogP contribution is -2.41. The van der Waals surface area contributed by atoms with Gasteiger partial charge in [-0.05, 0) is 0 Å². The second-order valence-electron chi connectivity index (χ2n) is 1.75. The van der Waals surface area contributed by atoms with Crippen molar-refractivity contribution >= 4 is 11.9 Å². The molecule has 0 unspecified atom stereocenters. The molecule has 0 bridgehead atoms. The number of amides is 1. The molecule has 0 aliphatic rings. The molecule has 0 saturated heterocycles. The van der Waals surface area contributed by atoms with Crippen molar-refractivity contribution in [2.24, 2.45) is 0 Å². The zero-order chi connectivity index (χ0) is 8.15. The molecule has 0 aromatic heterocycles. The minimum Gasteiger partial charge on any atom is -0.480 e. The summed E-state index contributed by atoms with van der Waals surface area (Å²) in [5.41, 5.74) is 0. The van der Waals surface area contributed by atoms with E-state index in [1.165, 1.54) is 0 Å². The molecule has 0 rings (SSSR count). The number of rotatable bonds is 3. The van der Waals surface area contributed by atoms with E-state index in [0.29, 0.717) is 0 Å². The average molecular weight is 149 g/mol. The van der Waals surface area contributed by atoms with Crippen LogP contribution in [-0.2, 0) is 9.59 Å². The molecular weight excluding hydrogens is 141 g/mol. The van der Waals surface area contributed by atoms with Crippen molar-refractivity contribution in [1.82, 2.24) is 5.32 Å². The summed E-state index contributed by atoms with van der Waals surface area (Å²) in [7, 11) is 0. The van der Waals surface area contributed by atoms with E-state index < -0.39 is 24.6 Å².